The SMILES string of the molecule is O=C(N[C@H]1CCCCC/C=C\C2CC2(C(=O)NS(=O)(=O)C2CC2)NC(=O)[C@@H]2C[C@@H](ON=C3c4ccccc4-c4ccccc43)CN2C1=O)c1cnnc2ccccc12. The van der Waals surface area contributed by atoms with Crippen molar-refractivity contribution in [3.05, 3.63) is 108 Å². The summed E-state index contributed by atoms with van der Waals surface area (Å²) in [6.45, 7) is -0.0261. The lowest BCUT2D eigenvalue weighted by Gasteiger charge is -2.30. The Kier molecular flexibility index (Phi) is 9.78. The zero-order chi connectivity index (χ0) is 40.0. The molecular weight excluding hydrogens is 759 g/mol. The topological polar surface area (TPSA) is 189 Å². The molecule has 4 aromatic rings. The molecule has 0 radical (unpaired) electrons. The number of allylic oxidation sites excluding steroid dienone is 1. The van der Waals surface area contributed by atoms with Gasteiger partial charge >= 0.3 is 0 Å². The van der Waals surface area contributed by atoms with E-state index in [9.17, 15) is 27.6 Å². The van der Waals surface area contributed by atoms with Crippen molar-refractivity contribution in [2.45, 2.75) is 86.8 Å². The summed E-state index contributed by atoms with van der Waals surface area (Å²) in [5, 5.41) is 18.6. The van der Waals surface area contributed by atoms with E-state index in [0.717, 1.165) is 35.1 Å². The summed E-state index contributed by atoms with van der Waals surface area (Å²) >= 11 is 0. The fourth-order valence-corrected chi connectivity index (χ4v) is 9.85. The van der Waals surface area contributed by atoms with Gasteiger partial charge in [0.1, 0.15) is 29.4 Å². The lowest BCUT2D eigenvalue weighted by Crippen LogP contribution is -2.58. The van der Waals surface area contributed by atoms with Crippen molar-refractivity contribution in [2.24, 2.45) is 11.1 Å². The first-order valence-corrected chi connectivity index (χ1v) is 21.5. The highest BCUT2D eigenvalue weighted by molar-refractivity contribution is 7.91. The second-order valence-corrected chi connectivity index (χ2v) is 17.8. The van der Waals surface area contributed by atoms with Crippen molar-refractivity contribution in [1.82, 2.24) is 30.5 Å². The summed E-state index contributed by atoms with van der Waals surface area (Å²) in [7, 11) is -3.90. The van der Waals surface area contributed by atoms with Crippen LogP contribution in [0.3, 0.4) is 0 Å². The van der Waals surface area contributed by atoms with Crippen LogP contribution >= 0.6 is 0 Å². The standard InChI is InChI=1S/C43H43N7O7S/c51-39(34-24-44-47-35-18-11-10-15-31(34)35)45-36-19-5-3-1-2-4-12-26-23-43(26,42(54)49-58(55,56)28-20-21-28)46-40(52)37-22-27(25-50(37)41(36)53)57-48-38-32-16-8-6-13-29(32)30-14-7-9-17-33(30)38/h4,6-18,24,26-28,36-37H,1-3,5,19-23,25H2,(H,45,51)(H,46,52)(H,49,54)/b12-4-/t26?,27-,36+,37+,43?/m1/s1. The number of hydrogen-bond donors (Lipinski definition) is 3. The van der Waals surface area contributed by atoms with E-state index in [1.807, 2.05) is 60.7 Å². The largest absolute Gasteiger partial charge is 0.390 e. The van der Waals surface area contributed by atoms with Crippen molar-refractivity contribution in [2.75, 3.05) is 6.54 Å². The lowest BCUT2D eigenvalue weighted by molar-refractivity contribution is -0.141. The van der Waals surface area contributed by atoms with Crippen LogP contribution in [0.25, 0.3) is 22.0 Å². The summed E-state index contributed by atoms with van der Waals surface area (Å²) in [6, 6.07) is 20.7. The maximum atomic E-state index is 14.8. The first-order valence-electron chi connectivity index (χ1n) is 19.9. The van der Waals surface area contributed by atoms with Crippen molar-refractivity contribution in [1.29, 1.82) is 0 Å². The molecule has 2 unspecified atom stereocenters. The molecule has 298 valence electrons. The number of hydrogen-bond acceptors (Lipinski definition) is 10. The van der Waals surface area contributed by atoms with Gasteiger partial charge in [-0.05, 0) is 55.7 Å². The van der Waals surface area contributed by atoms with Crippen LogP contribution in [0.15, 0.2) is 96.3 Å². The minimum atomic E-state index is -3.90. The van der Waals surface area contributed by atoms with E-state index < -0.39 is 68.5 Å². The Hall–Kier alpha value is -5.96. The van der Waals surface area contributed by atoms with Gasteiger partial charge in [0.15, 0.2) is 0 Å². The third-order valence-electron chi connectivity index (χ3n) is 11.9. The monoisotopic (exact) mass is 801 g/mol. The summed E-state index contributed by atoms with van der Waals surface area (Å²) in [4.78, 5) is 64.7. The lowest BCUT2D eigenvalue weighted by atomic mass is 10.0. The Labute approximate surface area is 335 Å². The van der Waals surface area contributed by atoms with E-state index in [1.165, 1.54) is 11.1 Å². The number of amides is 4. The number of aromatic nitrogens is 2. The smallest absolute Gasteiger partial charge is 0.259 e. The number of nitrogens with zero attached hydrogens (tertiary/aromatic N) is 4. The first-order chi connectivity index (χ1) is 28.1. The molecule has 3 N–H and O–H groups in total. The Bertz CT molecular complexity index is 2450. The molecule has 2 aliphatic heterocycles. The molecule has 58 heavy (non-hydrogen) atoms. The Balaban J connectivity index is 1.03. The highest BCUT2D eigenvalue weighted by Gasteiger charge is 2.62. The van der Waals surface area contributed by atoms with E-state index in [-0.39, 0.29) is 24.9 Å². The van der Waals surface area contributed by atoms with Crippen molar-refractivity contribution < 1.29 is 32.4 Å². The number of carbonyl (C=O) groups excluding carboxylic acids is 4. The van der Waals surface area contributed by atoms with Gasteiger partial charge < -0.3 is 20.4 Å². The van der Waals surface area contributed by atoms with Crippen LogP contribution < -0.4 is 15.4 Å². The molecular formula is C43H43N7O7S. The summed E-state index contributed by atoms with van der Waals surface area (Å²) < 4.78 is 28.0. The van der Waals surface area contributed by atoms with Crippen LogP contribution in [0.1, 0.15) is 79.3 Å². The number of sulfonamides is 1. The van der Waals surface area contributed by atoms with Gasteiger partial charge in [0, 0.05) is 28.9 Å². The number of carbonyl (C=O) groups is 4. The molecule has 3 fully saturated rings. The van der Waals surface area contributed by atoms with Gasteiger partial charge in [0.2, 0.25) is 21.8 Å². The van der Waals surface area contributed by atoms with Crippen LogP contribution in [0.2, 0.25) is 0 Å². The highest BCUT2D eigenvalue weighted by Crippen LogP contribution is 2.46. The predicted octanol–water partition coefficient (Wildman–Crippen LogP) is 4.15. The number of nitrogens with one attached hydrogen (secondary N) is 3. The van der Waals surface area contributed by atoms with Crippen molar-refractivity contribution >= 4 is 50.3 Å². The fraction of sp³-hybridized carbons (Fsp3) is 0.372. The van der Waals surface area contributed by atoms with Crippen molar-refractivity contribution in [3.8, 4) is 11.1 Å². The first kappa shape index (κ1) is 37.6. The van der Waals surface area contributed by atoms with E-state index in [2.05, 4.69) is 30.7 Å². The van der Waals surface area contributed by atoms with Crippen LogP contribution in [-0.2, 0) is 29.2 Å². The maximum absolute atomic E-state index is 14.8. The zero-order valence-corrected chi connectivity index (χ0v) is 32.5. The Morgan fingerprint density at radius 1 is 0.897 bits per heavy atom. The molecule has 1 saturated heterocycles. The van der Waals surface area contributed by atoms with Gasteiger partial charge in [-0.25, -0.2) is 8.42 Å². The van der Waals surface area contributed by atoms with Crippen LogP contribution in [0.5, 0.6) is 0 Å². The van der Waals surface area contributed by atoms with Gasteiger partial charge in [0.05, 0.1) is 29.1 Å². The molecule has 0 spiro atoms. The van der Waals surface area contributed by atoms with Crippen LogP contribution in [-0.4, -0.2) is 88.4 Å². The molecule has 9 rings (SSSR count). The highest BCUT2D eigenvalue weighted by atomic mass is 32.2. The van der Waals surface area contributed by atoms with Gasteiger partial charge in [-0.2, -0.15) is 10.2 Å². The van der Waals surface area contributed by atoms with E-state index in [4.69, 9.17) is 4.84 Å². The maximum Gasteiger partial charge on any atom is 0.259 e. The van der Waals surface area contributed by atoms with Crippen molar-refractivity contribution in [3.63, 3.8) is 0 Å². The normalized spacial score (nSPS) is 26.1. The Morgan fingerprint density at radius 3 is 2.34 bits per heavy atom. The number of rotatable bonds is 7. The van der Waals surface area contributed by atoms with Crippen LogP contribution in [0.4, 0.5) is 0 Å². The average Bonchev–Trinajstić information content (AvgIpc) is 4.14. The van der Waals surface area contributed by atoms with Gasteiger partial charge in [0.25, 0.3) is 11.8 Å². The third-order valence-corrected chi connectivity index (χ3v) is 13.7. The van der Waals surface area contributed by atoms with E-state index >= 15 is 0 Å². The molecule has 4 amide bonds. The summed E-state index contributed by atoms with van der Waals surface area (Å²) in [5.74, 6) is -2.83. The minimum Gasteiger partial charge on any atom is -0.390 e. The second kappa shape index (κ2) is 15.1. The van der Waals surface area contributed by atoms with Crippen LogP contribution in [0, 0.1) is 5.92 Å². The fourth-order valence-electron chi connectivity index (χ4n) is 8.48. The Morgan fingerprint density at radius 2 is 1.60 bits per heavy atom. The number of fused-ring (bicyclic) bond motifs is 6. The molecule has 3 heterocycles. The summed E-state index contributed by atoms with van der Waals surface area (Å²) in [5.41, 5.74) is 3.75. The molecule has 1 aromatic heterocycles. The van der Waals surface area contributed by atoms with Gasteiger partial charge in [-0.3, -0.25) is 23.9 Å². The molecule has 2 saturated carbocycles. The molecule has 5 atom stereocenters. The van der Waals surface area contributed by atoms with E-state index in [1.54, 1.807) is 24.3 Å². The average molecular weight is 802 g/mol. The van der Waals surface area contributed by atoms with Gasteiger partial charge in [-0.15, -0.1) is 0 Å². The molecule has 3 aromatic carbocycles. The summed E-state index contributed by atoms with van der Waals surface area (Å²) in [6.07, 6.45) is 8.81. The molecule has 5 aliphatic rings. The zero-order valence-electron chi connectivity index (χ0n) is 31.7. The molecule has 3 aliphatic carbocycles. The van der Waals surface area contributed by atoms with E-state index in [0.29, 0.717) is 48.7 Å². The van der Waals surface area contributed by atoms with Gasteiger partial charge in [-0.1, -0.05) is 96.9 Å². The quantitative estimate of drug-likeness (QED) is 0.161. The number of benzene rings is 3. The molecule has 15 heteroatoms. The molecule has 0 bridgehead atoms. The predicted molar refractivity (Wildman–Crippen MR) is 215 cm³/mol. The number of oxime groups is 1. The molecule has 14 nitrogen and oxygen atoms in total. The second-order valence-electron chi connectivity index (χ2n) is 15.8. The minimum absolute atomic E-state index is 0.0261. The third kappa shape index (κ3) is 7.12.